The van der Waals surface area contributed by atoms with Crippen LogP contribution < -0.4 is 5.32 Å². The van der Waals surface area contributed by atoms with Crippen LogP contribution in [0.3, 0.4) is 0 Å². The van der Waals surface area contributed by atoms with Crippen LogP contribution in [0.1, 0.15) is 0 Å². The molecule has 1 aliphatic heterocycles. The molecule has 1 aliphatic rings. The van der Waals surface area contributed by atoms with E-state index >= 15 is 0 Å². The van der Waals surface area contributed by atoms with E-state index in [1.165, 1.54) is 11.9 Å². The van der Waals surface area contributed by atoms with Gasteiger partial charge in [-0.2, -0.15) is 13.2 Å². The minimum absolute atomic E-state index is 0.367. The van der Waals surface area contributed by atoms with Gasteiger partial charge in [-0.1, -0.05) is 0 Å². The molecule has 2 atom stereocenters. The molecule has 0 radical (unpaired) electrons. The number of ether oxygens (including phenoxy) is 1. The summed E-state index contributed by atoms with van der Waals surface area (Å²) in [6, 6.07) is -0.419. The first kappa shape index (κ1) is 14.2. The third kappa shape index (κ3) is 4.49. The number of alkyl halides is 3. The number of carbonyl (C=O) groups excluding carboxylic acids is 1. The highest BCUT2D eigenvalue weighted by atomic mass is 19.4. The summed E-state index contributed by atoms with van der Waals surface area (Å²) < 4.78 is 39.6. The monoisotopic (exact) mass is 256 g/mol. The zero-order valence-corrected chi connectivity index (χ0v) is 9.33. The first-order chi connectivity index (χ1) is 7.81. The normalized spacial score (nSPS) is 25.0. The Kier molecular flexibility index (Phi) is 4.72. The van der Waals surface area contributed by atoms with Crippen molar-refractivity contribution in [1.29, 1.82) is 0 Å². The second-order valence-corrected chi connectivity index (χ2v) is 3.91. The molecule has 0 aromatic heterocycles. The summed E-state index contributed by atoms with van der Waals surface area (Å²) in [5, 5.41) is 12.4. The summed E-state index contributed by atoms with van der Waals surface area (Å²) in [6.07, 6.45) is -5.14. The molecule has 0 unspecified atom stereocenters. The summed E-state index contributed by atoms with van der Waals surface area (Å²) in [7, 11) is 1.43. The molecular weight excluding hydrogens is 241 g/mol. The summed E-state index contributed by atoms with van der Waals surface area (Å²) in [5.74, 6) is -0.581. The Bertz CT molecular complexity index is 273. The number of nitrogens with one attached hydrogen (secondary N) is 1. The number of hydrogen-bond acceptors (Lipinski definition) is 4. The van der Waals surface area contributed by atoms with Crippen LogP contribution in [0.15, 0.2) is 0 Å². The lowest BCUT2D eigenvalue weighted by Gasteiger charge is -2.26. The number of amides is 1. The summed E-state index contributed by atoms with van der Waals surface area (Å²) in [5.41, 5.74) is 0. The van der Waals surface area contributed by atoms with Crippen LogP contribution in [-0.4, -0.2) is 67.6 Å². The largest absolute Gasteiger partial charge is 0.411 e. The van der Waals surface area contributed by atoms with Gasteiger partial charge in [-0.15, -0.1) is 0 Å². The van der Waals surface area contributed by atoms with E-state index in [4.69, 9.17) is 0 Å². The van der Waals surface area contributed by atoms with Gasteiger partial charge in [0.15, 0.2) is 0 Å². The van der Waals surface area contributed by atoms with E-state index in [-0.39, 0.29) is 0 Å². The average molecular weight is 256 g/mol. The maximum atomic E-state index is 11.8. The number of carbonyl (C=O) groups is 1. The molecule has 1 saturated heterocycles. The Morgan fingerprint density at radius 1 is 1.53 bits per heavy atom. The van der Waals surface area contributed by atoms with Gasteiger partial charge < -0.3 is 20.1 Å². The quantitative estimate of drug-likeness (QED) is 0.702. The molecule has 0 bridgehead atoms. The number of aliphatic hydroxyl groups is 1. The number of halogens is 3. The Morgan fingerprint density at radius 3 is 2.65 bits per heavy atom. The standard InChI is InChI=1S/C9H15F3N2O3/c1-14(6-2-13-3-7(6)15)8(16)4-17-5-9(10,11)12/h6-7,13,15H,2-5H2,1H3/t6-,7-/m0/s1. The van der Waals surface area contributed by atoms with Crippen LogP contribution >= 0.6 is 0 Å². The molecule has 100 valence electrons. The topological polar surface area (TPSA) is 61.8 Å². The van der Waals surface area contributed by atoms with Crippen molar-refractivity contribution in [3.63, 3.8) is 0 Å². The molecule has 1 amide bonds. The molecule has 0 spiro atoms. The van der Waals surface area contributed by atoms with Crippen LogP contribution in [0.2, 0.25) is 0 Å². The number of likely N-dealkylation sites (N-methyl/N-ethyl adjacent to an activating group) is 1. The van der Waals surface area contributed by atoms with Crippen molar-refractivity contribution in [2.45, 2.75) is 18.3 Å². The number of aliphatic hydroxyl groups excluding tert-OH is 1. The van der Waals surface area contributed by atoms with Gasteiger partial charge in [0.25, 0.3) is 0 Å². The van der Waals surface area contributed by atoms with E-state index in [0.717, 1.165) is 0 Å². The van der Waals surface area contributed by atoms with Gasteiger partial charge in [0, 0.05) is 20.1 Å². The molecule has 0 aromatic rings. The van der Waals surface area contributed by atoms with E-state index in [9.17, 15) is 23.1 Å². The molecule has 0 saturated carbocycles. The number of rotatable bonds is 4. The fourth-order valence-corrected chi connectivity index (χ4v) is 1.59. The Labute approximate surface area is 96.5 Å². The zero-order chi connectivity index (χ0) is 13.1. The van der Waals surface area contributed by atoms with Gasteiger partial charge in [-0.25, -0.2) is 0 Å². The second kappa shape index (κ2) is 5.65. The lowest BCUT2D eigenvalue weighted by molar-refractivity contribution is -0.178. The third-order valence-electron chi connectivity index (χ3n) is 2.53. The van der Waals surface area contributed by atoms with Crippen molar-refractivity contribution in [1.82, 2.24) is 10.2 Å². The fourth-order valence-electron chi connectivity index (χ4n) is 1.59. The lowest BCUT2D eigenvalue weighted by Crippen LogP contribution is -2.45. The van der Waals surface area contributed by atoms with E-state index in [2.05, 4.69) is 10.1 Å². The van der Waals surface area contributed by atoms with Crippen molar-refractivity contribution in [2.75, 3.05) is 33.4 Å². The molecule has 1 heterocycles. The van der Waals surface area contributed by atoms with Gasteiger partial charge in [-0.3, -0.25) is 4.79 Å². The average Bonchev–Trinajstić information content (AvgIpc) is 2.61. The van der Waals surface area contributed by atoms with Crippen LogP contribution in [0.5, 0.6) is 0 Å². The third-order valence-corrected chi connectivity index (χ3v) is 2.53. The molecule has 17 heavy (non-hydrogen) atoms. The molecule has 8 heteroatoms. The molecule has 5 nitrogen and oxygen atoms in total. The molecule has 2 N–H and O–H groups in total. The van der Waals surface area contributed by atoms with Crippen molar-refractivity contribution in [3.8, 4) is 0 Å². The number of hydrogen-bond donors (Lipinski definition) is 2. The second-order valence-electron chi connectivity index (χ2n) is 3.91. The van der Waals surface area contributed by atoms with E-state index < -0.39 is 37.4 Å². The minimum Gasteiger partial charge on any atom is -0.390 e. The summed E-state index contributed by atoms with van der Waals surface area (Å²) in [4.78, 5) is 12.7. The van der Waals surface area contributed by atoms with Crippen molar-refractivity contribution >= 4 is 5.91 Å². The molecule has 1 fully saturated rings. The maximum absolute atomic E-state index is 11.8. The van der Waals surface area contributed by atoms with E-state index in [0.29, 0.717) is 13.1 Å². The van der Waals surface area contributed by atoms with Crippen molar-refractivity contribution < 1.29 is 27.8 Å². The van der Waals surface area contributed by atoms with E-state index in [1.807, 2.05) is 0 Å². The highest BCUT2D eigenvalue weighted by Crippen LogP contribution is 2.14. The van der Waals surface area contributed by atoms with Crippen LogP contribution in [0.4, 0.5) is 13.2 Å². The smallest absolute Gasteiger partial charge is 0.390 e. The van der Waals surface area contributed by atoms with Gasteiger partial charge in [0.1, 0.15) is 13.2 Å². The van der Waals surface area contributed by atoms with Crippen LogP contribution in [0, 0.1) is 0 Å². The SMILES string of the molecule is CN(C(=O)COCC(F)(F)F)[C@H]1CNC[C@@H]1O. The first-order valence-electron chi connectivity index (χ1n) is 5.10. The zero-order valence-electron chi connectivity index (χ0n) is 9.33. The van der Waals surface area contributed by atoms with Crippen LogP contribution in [-0.2, 0) is 9.53 Å². The lowest BCUT2D eigenvalue weighted by atomic mass is 10.2. The van der Waals surface area contributed by atoms with Gasteiger partial charge >= 0.3 is 6.18 Å². The molecular formula is C9H15F3N2O3. The maximum Gasteiger partial charge on any atom is 0.411 e. The minimum atomic E-state index is -4.44. The summed E-state index contributed by atoms with van der Waals surface area (Å²) >= 11 is 0. The summed E-state index contributed by atoms with van der Waals surface area (Å²) in [6.45, 7) is -1.30. The van der Waals surface area contributed by atoms with Gasteiger partial charge in [-0.05, 0) is 0 Å². The van der Waals surface area contributed by atoms with Gasteiger partial charge in [0.2, 0.25) is 5.91 Å². The molecule has 1 rings (SSSR count). The van der Waals surface area contributed by atoms with Crippen LogP contribution in [0.25, 0.3) is 0 Å². The number of nitrogens with zero attached hydrogens (tertiary/aromatic N) is 1. The Hall–Kier alpha value is -0.860. The molecule has 0 aromatic carbocycles. The van der Waals surface area contributed by atoms with Gasteiger partial charge in [0.05, 0.1) is 12.1 Å². The highest BCUT2D eigenvalue weighted by Gasteiger charge is 2.32. The first-order valence-corrected chi connectivity index (χ1v) is 5.10. The Morgan fingerprint density at radius 2 is 2.18 bits per heavy atom. The highest BCUT2D eigenvalue weighted by molar-refractivity contribution is 5.77. The molecule has 0 aliphatic carbocycles. The number of β-amino-alcohol motifs (C(OH)–C–C–N with tert-alkyl or cyclic N) is 1. The van der Waals surface area contributed by atoms with E-state index in [1.54, 1.807) is 0 Å². The predicted molar refractivity (Wildman–Crippen MR) is 52.3 cm³/mol. The van der Waals surface area contributed by atoms with Crippen molar-refractivity contribution in [3.05, 3.63) is 0 Å². The predicted octanol–water partition coefficient (Wildman–Crippen LogP) is -0.644. The Balaban J connectivity index is 2.32. The van der Waals surface area contributed by atoms with Crippen molar-refractivity contribution in [2.24, 2.45) is 0 Å². The fraction of sp³-hybridized carbons (Fsp3) is 0.889.